The van der Waals surface area contributed by atoms with E-state index in [1.165, 1.54) is 4.90 Å². The summed E-state index contributed by atoms with van der Waals surface area (Å²) in [5.74, 6) is -0.467. The maximum Gasteiger partial charge on any atom is 0.244 e. The molecule has 1 fully saturated rings. The number of benzene rings is 2. The lowest BCUT2D eigenvalue weighted by Crippen LogP contribution is -2.53. The summed E-state index contributed by atoms with van der Waals surface area (Å²) in [6.45, 7) is 3.43. The molecule has 2 aromatic rings. The molecule has 0 heterocycles. The van der Waals surface area contributed by atoms with Crippen molar-refractivity contribution in [3.8, 4) is 5.75 Å². The molecule has 11 heteroatoms. The molecule has 0 aromatic heterocycles. The van der Waals surface area contributed by atoms with Gasteiger partial charge in [0, 0.05) is 22.6 Å². The highest BCUT2D eigenvalue weighted by atomic mass is 35.5. The molecule has 208 valence electrons. The van der Waals surface area contributed by atoms with Crippen molar-refractivity contribution in [1.29, 1.82) is 0 Å². The number of ether oxygens (including phenoxy) is 1. The summed E-state index contributed by atoms with van der Waals surface area (Å²) >= 11 is 12.5. The highest BCUT2D eigenvalue weighted by molar-refractivity contribution is 7.92. The van der Waals surface area contributed by atoms with E-state index in [0.717, 1.165) is 36.2 Å². The number of amides is 2. The molecule has 0 bridgehead atoms. The molecular formula is C27H35Cl2N3O5S. The molecule has 1 aliphatic rings. The van der Waals surface area contributed by atoms with E-state index in [-0.39, 0.29) is 24.2 Å². The fourth-order valence-corrected chi connectivity index (χ4v) is 5.98. The number of para-hydroxylation sites is 2. The number of carbonyl (C=O) groups is 2. The van der Waals surface area contributed by atoms with E-state index >= 15 is 0 Å². The van der Waals surface area contributed by atoms with Crippen LogP contribution >= 0.6 is 23.2 Å². The smallest absolute Gasteiger partial charge is 0.244 e. The first-order valence-corrected chi connectivity index (χ1v) is 15.4. The molecule has 8 nitrogen and oxygen atoms in total. The molecule has 2 aromatic carbocycles. The van der Waals surface area contributed by atoms with Crippen molar-refractivity contribution in [1.82, 2.24) is 10.2 Å². The highest BCUT2D eigenvalue weighted by Crippen LogP contribution is 2.31. The Kier molecular flexibility index (Phi) is 10.7. The van der Waals surface area contributed by atoms with Gasteiger partial charge in [0.15, 0.2) is 0 Å². The number of sulfonamides is 1. The number of nitrogens with zero attached hydrogens (tertiary/aromatic N) is 2. The Morgan fingerprint density at radius 3 is 2.39 bits per heavy atom. The fourth-order valence-electron chi connectivity index (χ4n) is 4.66. The van der Waals surface area contributed by atoms with Gasteiger partial charge in [0.25, 0.3) is 0 Å². The predicted molar refractivity (Wildman–Crippen MR) is 151 cm³/mol. The first-order chi connectivity index (χ1) is 18.0. The number of hydrogen-bond acceptors (Lipinski definition) is 5. The van der Waals surface area contributed by atoms with E-state index in [1.807, 2.05) is 6.92 Å². The van der Waals surface area contributed by atoms with Crippen molar-refractivity contribution in [3.05, 3.63) is 58.1 Å². The number of rotatable bonds is 12. The minimum Gasteiger partial charge on any atom is -0.492 e. The third-order valence-electron chi connectivity index (χ3n) is 6.56. The number of nitrogens with one attached hydrogen (secondary N) is 1. The summed E-state index contributed by atoms with van der Waals surface area (Å²) in [5.41, 5.74) is 0.843. The molecule has 3 rings (SSSR count). The fraction of sp³-hybridized carbons (Fsp3) is 0.481. The topological polar surface area (TPSA) is 96.0 Å². The second kappa shape index (κ2) is 13.5. The molecular weight excluding hydrogens is 549 g/mol. The SMILES string of the molecule is CCOc1ccccc1N(CC(=O)N(Cc1ccc(Cl)cc1Cl)[C@H](CC)C(=O)NC1CCCC1)S(C)(=O)=O. The van der Waals surface area contributed by atoms with Crippen LogP contribution in [0.15, 0.2) is 42.5 Å². The lowest BCUT2D eigenvalue weighted by molar-refractivity contribution is -0.140. The summed E-state index contributed by atoms with van der Waals surface area (Å²) < 4.78 is 32.4. The van der Waals surface area contributed by atoms with Crippen LogP contribution in [0.25, 0.3) is 0 Å². The Balaban J connectivity index is 1.98. The molecule has 38 heavy (non-hydrogen) atoms. The van der Waals surface area contributed by atoms with Crippen LogP contribution in [0, 0.1) is 0 Å². The van der Waals surface area contributed by atoms with Crippen LogP contribution in [0.5, 0.6) is 5.75 Å². The van der Waals surface area contributed by atoms with Gasteiger partial charge in [-0.3, -0.25) is 13.9 Å². The number of carbonyl (C=O) groups excluding carboxylic acids is 2. The van der Waals surface area contributed by atoms with Gasteiger partial charge in [-0.05, 0) is 56.0 Å². The minimum atomic E-state index is -3.88. The monoisotopic (exact) mass is 583 g/mol. The number of halogens is 2. The first-order valence-electron chi connectivity index (χ1n) is 12.8. The van der Waals surface area contributed by atoms with Crippen molar-refractivity contribution in [2.45, 2.75) is 64.6 Å². The van der Waals surface area contributed by atoms with E-state index in [0.29, 0.717) is 34.4 Å². The van der Waals surface area contributed by atoms with E-state index in [4.69, 9.17) is 27.9 Å². The van der Waals surface area contributed by atoms with E-state index in [9.17, 15) is 18.0 Å². The third-order valence-corrected chi connectivity index (χ3v) is 8.27. The molecule has 0 radical (unpaired) electrons. The largest absolute Gasteiger partial charge is 0.492 e. The Morgan fingerprint density at radius 1 is 1.11 bits per heavy atom. The molecule has 1 saturated carbocycles. The standard InChI is InChI=1S/C27H35Cl2N3O5S/c1-4-23(27(34)30-21-10-6-7-11-21)31(17-19-14-15-20(28)16-22(19)29)26(33)18-32(38(3,35)36)24-12-8-9-13-25(24)37-5-2/h8-9,12-16,21,23H,4-7,10-11,17-18H2,1-3H3,(H,30,34)/t23-/m1/s1. The van der Waals surface area contributed by atoms with Gasteiger partial charge in [0.05, 0.1) is 18.6 Å². The normalized spacial score (nSPS) is 14.7. The van der Waals surface area contributed by atoms with Crippen LogP contribution in [-0.2, 0) is 26.2 Å². The average molecular weight is 585 g/mol. The maximum absolute atomic E-state index is 13.9. The number of hydrogen-bond donors (Lipinski definition) is 1. The van der Waals surface area contributed by atoms with Crippen LogP contribution in [0.4, 0.5) is 5.69 Å². The second-order valence-corrected chi connectivity index (χ2v) is 12.1. The number of anilines is 1. The highest BCUT2D eigenvalue weighted by Gasteiger charge is 2.34. The summed E-state index contributed by atoms with van der Waals surface area (Å²) in [6, 6.07) is 10.8. The van der Waals surface area contributed by atoms with Crippen LogP contribution in [-0.4, -0.2) is 56.6 Å². The molecule has 1 atom stereocenters. The lowest BCUT2D eigenvalue weighted by atomic mass is 10.1. The molecule has 0 spiro atoms. The van der Waals surface area contributed by atoms with Crippen molar-refractivity contribution in [3.63, 3.8) is 0 Å². The maximum atomic E-state index is 13.9. The summed E-state index contributed by atoms with van der Waals surface area (Å²) in [5, 5.41) is 3.87. The zero-order valence-electron chi connectivity index (χ0n) is 22.0. The molecule has 0 unspecified atom stereocenters. The quantitative estimate of drug-likeness (QED) is 0.378. The molecule has 1 N–H and O–H groups in total. The van der Waals surface area contributed by atoms with Crippen molar-refractivity contribution >= 4 is 50.7 Å². The van der Waals surface area contributed by atoms with E-state index < -0.39 is 28.5 Å². The Bertz CT molecular complexity index is 1230. The first kappa shape index (κ1) is 30.1. The average Bonchev–Trinajstić information content (AvgIpc) is 3.36. The third kappa shape index (κ3) is 7.77. The Labute approximate surface area is 235 Å². The van der Waals surface area contributed by atoms with E-state index in [2.05, 4.69) is 5.32 Å². The summed E-state index contributed by atoms with van der Waals surface area (Å²) in [6.07, 6.45) is 5.27. The van der Waals surface area contributed by atoms with Gasteiger partial charge in [0.2, 0.25) is 21.8 Å². The van der Waals surface area contributed by atoms with Gasteiger partial charge >= 0.3 is 0 Å². The van der Waals surface area contributed by atoms with Crippen molar-refractivity contribution in [2.24, 2.45) is 0 Å². The zero-order valence-corrected chi connectivity index (χ0v) is 24.3. The molecule has 0 saturated heterocycles. The van der Waals surface area contributed by atoms with Crippen LogP contribution in [0.3, 0.4) is 0 Å². The predicted octanol–water partition coefficient (Wildman–Crippen LogP) is 5.02. The Morgan fingerprint density at radius 2 is 1.79 bits per heavy atom. The van der Waals surface area contributed by atoms with Crippen LogP contribution in [0.2, 0.25) is 10.0 Å². The van der Waals surface area contributed by atoms with Crippen molar-refractivity contribution in [2.75, 3.05) is 23.7 Å². The lowest BCUT2D eigenvalue weighted by Gasteiger charge is -2.34. The minimum absolute atomic E-state index is 0.0101. The van der Waals surface area contributed by atoms with Crippen molar-refractivity contribution < 1.29 is 22.7 Å². The second-order valence-electron chi connectivity index (χ2n) is 9.34. The van der Waals surface area contributed by atoms with Gasteiger partial charge in [-0.25, -0.2) is 8.42 Å². The van der Waals surface area contributed by atoms with Gasteiger partial charge in [0.1, 0.15) is 18.3 Å². The molecule has 0 aliphatic heterocycles. The van der Waals surface area contributed by atoms with E-state index in [1.54, 1.807) is 49.4 Å². The zero-order chi connectivity index (χ0) is 27.9. The summed E-state index contributed by atoms with van der Waals surface area (Å²) in [4.78, 5) is 28.7. The van der Waals surface area contributed by atoms with Gasteiger partial charge < -0.3 is 15.0 Å². The van der Waals surface area contributed by atoms with Gasteiger partial charge in [-0.2, -0.15) is 0 Å². The van der Waals surface area contributed by atoms with Crippen LogP contribution in [0.1, 0.15) is 51.5 Å². The van der Waals surface area contributed by atoms with Crippen LogP contribution < -0.4 is 14.4 Å². The van der Waals surface area contributed by atoms with Gasteiger partial charge in [-0.15, -0.1) is 0 Å². The Hall–Kier alpha value is -2.49. The summed E-state index contributed by atoms with van der Waals surface area (Å²) in [7, 11) is -3.88. The van der Waals surface area contributed by atoms with Gasteiger partial charge in [-0.1, -0.05) is 61.2 Å². The molecule has 2 amide bonds. The molecule has 1 aliphatic carbocycles.